The molecule has 0 amide bonds. The Balaban J connectivity index is 3.07. The topological polar surface area (TPSA) is 43.4 Å². The van der Waals surface area contributed by atoms with Gasteiger partial charge in [-0.15, -0.1) is 0 Å². The van der Waals surface area contributed by atoms with Crippen molar-refractivity contribution in [3.8, 4) is 0 Å². The summed E-state index contributed by atoms with van der Waals surface area (Å²) in [7, 11) is 0. The van der Waals surface area contributed by atoms with Crippen molar-refractivity contribution in [2.24, 2.45) is 0 Å². The Hall–Kier alpha value is -0.860. The average Bonchev–Trinajstić information content (AvgIpc) is 2.53. The number of ether oxygens (including phenoxy) is 1. The van der Waals surface area contributed by atoms with Gasteiger partial charge in [0.15, 0.2) is 0 Å². The smallest absolute Gasteiger partial charge is 0.317 e. The lowest BCUT2D eigenvalue weighted by atomic mass is 10.0. The zero-order valence-corrected chi connectivity index (χ0v) is 15.8. The lowest BCUT2D eigenvalue weighted by molar-refractivity contribution is -0.153. The van der Waals surface area contributed by atoms with Crippen LogP contribution < -0.4 is 0 Å². The Labute approximate surface area is 149 Å². The summed E-state index contributed by atoms with van der Waals surface area (Å²) in [5.41, 5.74) is 0. The van der Waals surface area contributed by atoms with Gasteiger partial charge in [-0.1, -0.05) is 103 Å². The molecule has 0 heterocycles. The number of unbranched alkanes of at least 4 members (excludes halogenated alkanes) is 15. The lowest BCUT2D eigenvalue weighted by Crippen LogP contribution is -2.09. The minimum Gasteiger partial charge on any atom is -0.393 e. The van der Waals surface area contributed by atoms with Crippen LogP contribution in [0.3, 0.4) is 0 Å². The number of carbonyl (C=O) groups excluding carboxylic acids is 2. The molecule has 0 atom stereocenters. The fraction of sp³-hybridized carbons (Fsp3) is 0.810. The van der Waals surface area contributed by atoms with Crippen molar-refractivity contribution in [1.82, 2.24) is 0 Å². The van der Waals surface area contributed by atoms with Crippen molar-refractivity contribution in [1.29, 1.82) is 0 Å². The second-order valence-corrected chi connectivity index (χ2v) is 6.74. The third kappa shape index (κ3) is 19.2. The summed E-state index contributed by atoms with van der Waals surface area (Å²) in [5.74, 6) is -1.35. The number of hydrogen-bond acceptors (Lipinski definition) is 3. The Bertz CT molecular complexity index is 299. The number of carbonyl (C=O) groups is 2. The van der Waals surface area contributed by atoms with E-state index in [1.54, 1.807) is 0 Å². The maximum atomic E-state index is 11.1. The van der Waals surface area contributed by atoms with Gasteiger partial charge in [0.25, 0.3) is 0 Å². The van der Waals surface area contributed by atoms with E-state index in [2.05, 4.69) is 18.6 Å². The first kappa shape index (κ1) is 23.1. The fourth-order valence-electron chi connectivity index (χ4n) is 2.89. The van der Waals surface area contributed by atoms with E-state index in [9.17, 15) is 9.59 Å². The fourth-order valence-corrected chi connectivity index (χ4v) is 2.89. The third-order valence-electron chi connectivity index (χ3n) is 4.33. The summed E-state index contributed by atoms with van der Waals surface area (Å²) < 4.78 is 4.33. The van der Waals surface area contributed by atoms with Crippen LogP contribution in [0.15, 0.2) is 0 Å². The van der Waals surface area contributed by atoms with Gasteiger partial charge in [0.1, 0.15) is 0 Å². The average molecular weight is 339 g/mol. The molecule has 0 rings (SSSR count). The second kappa shape index (κ2) is 18.5. The molecule has 0 saturated heterocycles. The molecule has 0 bridgehead atoms. The van der Waals surface area contributed by atoms with E-state index in [1.807, 2.05) is 0 Å². The van der Waals surface area contributed by atoms with Gasteiger partial charge in [0.05, 0.1) is 13.3 Å². The zero-order valence-electron chi connectivity index (χ0n) is 15.8. The van der Waals surface area contributed by atoms with Crippen molar-refractivity contribution in [3.63, 3.8) is 0 Å². The van der Waals surface area contributed by atoms with Gasteiger partial charge < -0.3 is 4.74 Å². The van der Waals surface area contributed by atoms with Crippen LogP contribution in [0.1, 0.15) is 110 Å². The van der Waals surface area contributed by atoms with Crippen LogP contribution in [0, 0.1) is 13.3 Å². The minimum atomic E-state index is -0.784. The Kier molecular flexibility index (Phi) is 17.8. The molecule has 0 aliphatic heterocycles. The SMILES string of the molecule is [CH2]C(=O)OC(=O)[CH]CCCCCCCCCCCCCCCCC. The zero-order chi connectivity index (χ0) is 17.9. The van der Waals surface area contributed by atoms with Crippen LogP contribution in [-0.2, 0) is 14.3 Å². The first-order chi connectivity index (χ1) is 11.7. The Morgan fingerprint density at radius 1 is 0.708 bits per heavy atom. The van der Waals surface area contributed by atoms with Crippen LogP contribution in [0.25, 0.3) is 0 Å². The summed E-state index contributed by atoms with van der Waals surface area (Å²) in [6.07, 6.45) is 22.1. The molecule has 3 nitrogen and oxygen atoms in total. The van der Waals surface area contributed by atoms with Crippen molar-refractivity contribution < 1.29 is 14.3 Å². The van der Waals surface area contributed by atoms with Crippen LogP contribution in [0.2, 0.25) is 0 Å². The quantitative estimate of drug-likeness (QED) is 0.176. The second-order valence-electron chi connectivity index (χ2n) is 6.74. The summed E-state index contributed by atoms with van der Waals surface area (Å²) >= 11 is 0. The molecule has 0 N–H and O–H groups in total. The molecule has 0 aliphatic carbocycles. The highest BCUT2D eigenvalue weighted by Crippen LogP contribution is 2.13. The number of hydrogen-bond donors (Lipinski definition) is 0. The van der Waals surface area contributed by atoms with Crippen molar-refractivity contribution in [2.75, 3.05) is 0 Å². The molecule has 2 radical (unpaired) electrons. The van der Waals surface area contributed by atoms with Gasteiger partial charge in [-0.25, -0.2) is 0 Å². The predicted molar refractivity (Wildman–Crippen MR) is 100 cm³/mol. The number of rotatable bonds is 17. The first-order valence-electron chi connectivity index (χ1n) is 10.1. The minimum absolute atomic E-state index is 0.569. The van der Waals surface area contributed by atoms with Gasteiger partial charge in [0.2, 0.25) is 0 Å². The van der Waals surface area contributed by atoms with E-state index in [0.29, 0.717) is 6.42 Å². The summed E-state index contributed by atoms with van der Waals surface area (Å²) in [6.45, 7) is 5.27. The molecule has 0 spiro atoms. The summed E-state index contributed by atoms with van der Waals surface area (Å²) in [6, 6.07) is 0. The highest BCUT2D eigenvalue weighted by molar-refractivity contribution is 5.91. The molecule has 0 aromatic carbocycles. The van der Waals surface area contributed by atoms with Gasteiger partial charge >= 0.3 is 11.9 Å². The van der Waals surface area contributed by atoms with E-state index < -0.39 is 11.9 Å². The Morgan fingerprint density at radius 2 is 1.08 bits per heavy atom. The summed E-state index contributed by atoms with van der Waals surface area (Å²) in [4.78, 5) is 21.5. The van der Waals surface area contributed by atoms with E-state index in [1.165, 1.54) is 89.9 Å². The van der Waals surface area contributed by atoms with Crippen LogP contribution >= 0.6 is 0 Å². The molecule has 24 heavy (non-hydrogen) atoms. The first-order valence-corrected chi connectivity index (χ1v) is 10.1. The molecule has 3 heteroatoms. The molecular weight excluding hydrogens is 300 g/mol. The van der Waals surface area contributed by atoms with Crippen LogP contribution in [0.4, 0.5) is 0 Å². The van der Waals surface area contributed by atoms with Crippen molar-refractivity contribution in [2.45, 2.75) is 110 Å². The van der Waals surface area contributed by atoms with E-state index >= 15 is 0 Å². The van der Waals surface area contributed by atoms with E-state index in [4.69, 9.17) is 0 Å². The molecule has 0 aliphatic rings. The molecule has 0 unspecified atom stereocenters. The predicted octanol–water partition coefficient (Wildman–Crippen LogP) is 6.36. The van der Waals surface area contributed by atoms with Gasteiger partial charge in [-0.05, 0) is 6.42 Å². The maximum Gasteiger partial charge on any atom is 0.317 e. The van der Waals surface area contributed by atoms with Crippen LogP contribution in [-0.4, -0.2) is 11.9 Å². The van der Waals surface area contributed by atoms with Gasteiger partial charge in [-0.2, -0.15) is 0 Å². The maximum absolute atomic E-state index is 11.1. The lowest BCUT2D eigenvalue weighted by Gasteiger charge is -2.03. The third-order valence-corrected chi connectivity index (χ3v) is 4.33. The Morgan fingerprint density at radius 3 is 1.46 bits per heavy atom. The molecule has 140 valence electrons. The van der Waals surface area contributed by atoms with Gasteiger partial charge in [-0.3, -0.25) is 9.59 Å². The largest absolute Gasteiger partial charge is 0.393 e. The highest BCUT2D eigenvalue weighted by Gasteiger charge is 2.05. The molecule has 0 saturated carbocycles. The highest BCUT2D eigenvalue weighted by atomic mass is 16.6. The molecule has 0 aromatic heterocycles. The van der Waals surface area contributed by atoms with Crippen molar-refractivity contribution >= 4 is 11.9 Å². The monoisotopic (exact) mass is 338 g/mol. The molecule has 0 fully saturated rings. The number of esters is 2. The van der Waals surface area contributed by atoms with Crippen molar-refractivity contribution in [3.05, 3.63) is 13.3 Å². The van der Waals surface area contributed by atoms with Gasteiger partial charge in [0, 0.05) is 0 Å². The summed E-state index contributed by atoms with van der Waals surface area (Å²) in [5, 5.41) is 0. The molecular formula is C21H38O3. The standard InChI is InChI=1S/C21H38O3/c1-3-4-5-6-7-8-9-10-11-12-13-14-15-16-17-18-19-21(23)24-20(2)22/h19H,2-18H2,1H3. The van der Waals surface area contributed by atoms with E-state index in [-0.39, 0.29) is 0 Å². The molecule has 0 aromatic rings. The van der Waals surface area contributed by atoms with E-state index in [0.717, 1.165) is 12.8 Å². The normalized spacial score (nSPS) is 10.8. The van der Waals surface area contributed by atoms with Crippen LogP contribution in [0.5, 0.6) is 0 Å².